The van der Waals surface area contributed by atoms with Gasteiger partial charge in [0.15, 0.2) is 15.5 Å². The number of para-hydroxylation sites is 1. The molecule has 1 aliphatic heterocycles. The number of amides is 1. The lowest BCUT2D eigenvalue weighted by molar-refractivity contribution is 0.0298. The number of sulfone groups is 1. The second-order valence-corrected chi connectivity index (χ2v) is 11.7. The number of rotatable bonds is 5. The average Bonchev–Trinajstić information content (AvgIpc) is 3.52. The van der Waals surface area contributed by atoms with Crippen molar-refractivity contribution in [2.45, 2.75) is 4.90 Å². The number of benzene rings is 2. The van der Waals surface area contributed by atoms with Gasteiger partial charge in [-0.2, -0.15) is 5.10 Å². The van der Waals surface area contributed by atoms with Crippen LogP contribution in [-0.2, 0) is 14.6 Å². The van der Waals surface area contributed by atoms with Crippen LogP contribution >= 0.6 is 22.9 Å². The molecule has 0 saturated carbocycles. The van der Waals surface area contributed by atoms with Crippen LogP contribution in [0.3, 0.4) is 0 Å². The van der Waals surface area contributed by atoms with Crippen molar-refractivity contribution in [1.82, 2.24) is 14.7 Å². The maximum atomic E-state index is 13.2. The van der Waals surface area contributed by atoms with E-state index in [2.05, 4.69) is 5.10 Å². The fraction of sp³-hybridized carbons (Fsp3) is 0.200. The fourth-order valence-electron chi connectivity index (χ4n) is 3.91. The number of hydrogen-bond donors (Lipinski definition) is 0. The van der Waals surface area contributed by atoms with E-state index in [4.69, 9.17) is 16.3 Å². The highest BCUT2D eigenvalue weighted by atomic mass is 35.5. The number of carbonyl (C=O) groups is 1. The molecule has 0 radical (unpaired) electrons. The Morgan fingerprint density at radius 3 is 2.49 bits per heavy atom. The van der Waals surface area contributed by atoms with Gasteiger partial charge >= 0.3 is 0 Å². The summed E-state index contributed by atoms with van der Waals surface area (Å²) >= 11 is 7.98. The lowest BCUT2D eigenvalue weighted by atomic mass is 10.2. The van der Waals surface area contributed by atoms with Crippen LogP contribution in [0.2, 0.25) is 5.02 Å². The largest absolute Gasteiger partial charge is 0.378 e. The number of halogens is 1. The summed E-state index contributed by atoms with van der Waals surface area (Å²) in [5.74, 6) is -0.155. The highest BCUT2D eigenvalue weighted by Gasteiger charge is 2.24. The summed E-state index contributed by atoms with van der Waals surface area (Å²) in [5.41, 5.74) is 2.53. The second-order valence-electron chi connectivity index (χ2n) is 8.15. The monoisotopic (exact) mass is 527 g/mol. The number of hydrogen-bond acceptors (Lipinski definition) is 6. The summed E-state index contributed by atoms with van der Waals surface area (Å²) < 4.78 is 31.1. The SMILES string of the molecule is CS(=O)(=O)c1cccc(-c2ccc(-c3cc(C(=O)N4CCOCC4)nn3-c3ccccc3Cl)s2)c1. The average molecular weight is 528 g/mol. The standard InChI is InChI=1S/C25H22ClN3O4S2/c1-35(31,32)18-6-4-5-17(15-18)23-9-10-24(34-23)22-16-20(25(30)28-11-13-33-14-12-28)27-29(22)21-8-3-2-7-19(21)26/h2-10,15-16H,11-14H2,1H3. The maximum Gasteiger partial charge on any atom is 0.274 e. The molecule has 2 aromatic heterocycles. The quantitative estimate of drug-likeness (QED) is 0.372. The zero-order valence-electron chi connectivity index (χ0n) is 18.8. The third-order valence-electron chi connectivity index (χ3n) is 5.71. The zero-order chi connectivity index (χ0) is 24.6. The molecule has 1 amide bonds. The Hall–Kier alpha value is -2.98. The van der Waals surface area contributed by atoms with Crippen molar-refractivity contribution in [1.29, 1.82) is 0 Å². The zero-order valence-corrected chi connectivity index (χ0v) is 21.2. The number of morpholine rings is 1. The topological polar surface area (TPSA) is 81.5 Å². The van der Waals surface area contributed by atoms with Crippen molar-refractivity contribution < 1.29 is 17.9 Å². The summed E-state index contributed by atoms with van der Waals surface area (Å²) in [6.45, 7) is 2.05. The van der Waals surface area contributed by atoms with Crippen LogP contribution in [0.25, 0.3) is 26.7 Å². The summed E-state index contributed by atoms with van der Waals surface area (Å²) in [6.07, 6.45) is 1.20. The van der Waals surface area contributed by atoms with Gasteiger partial charge in [-0.15, -0.1) is 11.3 Å². The fourth-order valence-corrected chi connectivity index (χ4v) is 5.79. The van der Waals surface area contributed by atoms with Crippen LogP contribution in [0.15, 0.2) is 71.6 Å². The van der Waals surface area contributed by atoms with Gasteiger partial charge in [-0.1, -0.05) is 35.9 Å². The van der Waals surface area contributed by atoms with E-state index in [0.29, 0.717) is 42.7 Å². The van der Waals surface area contributed by atoms with Gasteiger partial charge in [-0.05, 0) is 48.0 Å². The van der Waals surface area contributed by atoms with E-state index in [1.807, 2.05) is 36.4 Å². The summed E-state index contributed by atoms with van der Waals surface area (Å²) in [7, 11) is -3.32. The molecule has 0 unspecified atom stereocenters. The van der Waals surface area contributed by atoms with Crippen molar-refractivity contribution >= 4 is 38.7 Å². The molecule has 180 valence electrons. The molecule has 1 aliphatic rings. The van der Waals surface area contributed by atoms with E-state index in [-0.39, 0.29) is 10.8 Å². The van der Waals surface area contributed by atoms with Crippen LogP contribution < -0.4 is 0 Å². The van der Waals surface area contributed by atoms with Gasteiger partial charge < -0.3 is 9.64 Å². The van der Waals surface area contributed by atoms with Gasteiger partial charge in [0.1, 0.15) is 0 Å². The summed E-state index contributed by atoms with van der Waals surface area (Å²) in [6, 6.07) is 19.9. The smallest absolute Gasteiger partial charge is 0.274 e. The molecule has 0 atom stereocenters. The summed E-state index contributed by atoms with van der Waals surface area (Å²) in [5, 5.41) is 5.16. The first-order valence-electron chi connectivity index (χ1n) is 10.9. The van der Waals surface area contributed by atoms with Crippen molar-refractivity contribution in [2.24, 2.45) is 0 Å². The molecule has 5 rings (SSSR count). The Labute approximate surface area is 212 Å². The molecule has 4 aromatic rings. The minimum Gasteiger partial charge on any atom is -0.378 e. The van der Waals surface area contributed by atoms with Gasteiger partial charge in [0.25, 0.3) is 5.91 Å². The highest BCUT2D eigenvalue weighted by molar-refractivity contribution is 7.90. The molecule has 2 aromatic carbocycles. The molecular weight excluding hydrogens is 506 g/mol. The van der Waals surface area contributed by atoms with Crippen LogP contribution in [0.1, 0.15) is 10.5 Å². The molecule has 0 bridgehead atoms. The number of aromatic nitrogens is 2. The van der Waals surface area contributed by atoms with E-state index in [9.17, 15) is 13.2 Å². The Balaban J connectivity index is 1.58. The van der Waals surface area contributed by atoms with E-state index in [0.717, 1.165) is 21.0 Å². The van der Waals surface area contributed by atoms with E-state index in [1.54, 1.807) is 39.9 Å². The number of ether oxygens (including phenoxy) is 1. The Kier molecular flexibility index (Phi) is 6.50. The Morgan fingerprint density at radius 1 is 1.00 bits per heavy atom. The van der Waals surface area contributed by atoms with Crippen molar-refractivity contribution in [2.75, 3.05) is 32.6 Å². The van der Waals surface area contributed by atoms with Gasteiger partial charge in [0.05, 0.1) is 39.4 Å². The lowest BCUT2D eigenvalue weighted by Gasteiger charge is -2.25. The molecular formula is C25H22ClN3O4S2. The molecule has 0 N–H and O–H groups in total. The number of carbonyl (C=O) groups excluding carboxylic acids is 1. The van der Waals surface area contributed by atoms with E-state index in [1.165, 1.54) is 17.6 Å². The number of thiophene rings is 1. The minimum absolute atomic E-state index is 0.155. The first kappa shape index (κ1) is 23.7. The second kappa shape index (κ2) is 9.58. The van der Waals surface area contributed by atoms with Gasteiger partial charge in [-0.25, -0.2) is 13.1 Å². The molecule has 35 heavy (non-hydrogen) atoms. The van der Waals surface area contributed by atoms with Crippen LogP contribution in [0.4, 0.5) is 0 Å². The van der Waals surface area contributed by atoms with Gasteiger partial charge in [-0.3, -0.25) is 4.79 Å². The van der Waals surface area contributed by atoms with Gasteiger partial charge in [0.2, 0.25) is 0 Å². The third-order valence-corrected chi connectivity index (χ3v) is 8.30. The maximum absolute atomic E-state index is 13.2. The van der Waals surface area contributed by atoms with Crippen molar-refractivity contribution in [3.63, 3.8) is 0 Å². The predicted molar refractivity (Wildman–Crippen MR) is 137 cm³/mol. The van der Waals surface area contributed by atoms with Crippen LogP contribution in [0, 0.1) is 0 Å². The summed E-state index contributed by atoms with van der Waals surface area (Å²) in [4.78, 5) is 17.0. The molecule has 1 saturated heterocycles. The van der Waals surface area contributed by atoms with Crippen molar-refractivity contribution in [3.8, 4) is 26.7 Å². The van der Waals surface area contributed by atoms with E-state index >= 15 is 0 Å². The molecule has 0 spiro atoms. The normalized spacial score (nSPS) is 14.3. The lowest BCUT2D eigenvalue weighted by Crippen LogP contribution is -2.40. The number of nitrogens with zero attached hydrogens (tertiary/aromatic N) is 3. The van der Waals surface area contributed by atoms with Gasteiger partial charge in [0, 0.05) is 24.2 Å². The molecule has 3 heterocycles. The van der Waals surface area contributed by atoms with E-state index < -0.39 is 9.84 Å². The molecule has 10 heteroatoms. The first-order chi connectivity index (χ1) is 16.8. The minimum atomic E-state index is -3.32. The Bertz CT molecular complexity index is 1500. The Morgan fingerprint density at radius 2 is 1.74 bits per heavy atom. The predicted octanol–water partition coefficient (Wildman–Crippen LogP) is 4.80. The van der Waals surface area contributed by atoms with Crippen molar-refractivity contribution in [3.05, 3.63) is 77.4 Å². The highest BCUT2D eigenvalue weighted by Crippen LogP contribution is 2.37. The first-order valence-corrected chi connectivity index (χ1v) is 14.0. The molecule has 0 aliphatic carbocycles. The third kappa shape index (κ3) is 4.90. The molecule has 7 nitrogen and oxygen atoms in total. The van der Waals surface area contributed by atoms with Crippen LogP contribution in [-0.4, -0.2) is 61.6 Å². The van der Waals surface area contributed by atoms with Crippen LogP contribution in [0.5, 0.6) is 0 Å². The molecule has 1 fully saturated rings.